The Morgan fingerprint density at radius 1 is 1.56 bits per heavy atom. The van der Waals surface area contributed by atoms with Crippen molar-refractivity contribution in [2.45, 2.75) is 6.92 Å². The van der Waals surface area contributed by atoms with Crippen LogP contribution < -0.4 is 0 Å². The van der Waals surface area contributed by atoms with Crippen LogP contribution in [0, 0.1) is 0 Å². The topological polar surface area (TPSA) is 43.6 Å². The summed E-state index contributed by atoms with van der Waals surface area (Å²) in [5.41, 5.74) is 1.19. The second kappa shape index (κ2) is 4.26. The van der Waals surface area contributed by atoms with Gasteiger partial charge in [-0.3, -0.25) is 4.40 Å². The molecule has 3 rings (SSSR count). The summed E-state index contributed by atoms with van der Waals surface area (Å²) < 4.78 is 7.80. The summed E-state index contributed by atoms with van der Waals surface area (Å²) in [7, 11) is 0. The zero-order chi connectivity index (χ0) is 12.7. The van der Waals surface area contributed by atoms with E-state index >= 15 is 0 Å². The molecule has 0 bridgehead atoms. The predicted molar refractivity (Wildman–Crippen MR) is 71.5 cm³/mol. The molecule has 18 heavy (non-hydrogen) atoms. The van der Waals surface area contributed by atoms with Gasteiger partial charge in [-0.25, -0.2) is 9.78 Å². The van der Waals surface area contributed by atoms with Gasteiger partial charge in [-0.05, 0) is 19.1 Å². The van der Waals surface area contributed by atoms with E-state index in [0.717, 1.165) is 15.2 Å². The molecule has 0 amide bonds. The zero-order valence-electron chi connectivity index (χ0n) is 9.51. The SMILES string of the molecule is CCOC(=O)c1cn2c(n1)sc1cccc(Cl)c12. The minimum absolute atomic E-state index is 0.310. The predicted octanol–water partition coefficient (Wildman–Crippen LogP) is 3.38. The molecule has 0 saturated carbocycles. The fourth-order valence-corrected chi connectivity index (χ4v) is 3.17. The number of rotatable bonds is 2. The lowest BCUT2D eigenvalue weighted by atomic mass is 10.3. The number of para-hydroxylation sites is 1. The van der Waals surface area contributed by atoms with Gasteiger partial charge < -0.3 is 4.74 Å². The lowest BCUT2D eigenvalue weighted by molar-refractivity contribution is 0.0520. The summed E-state index contributed by atoms with van der Waals surface area (Å²) in [6.07, 6.45) is 1.66. The molecule has 6 heteroatoms. The van der Waals surface area contributed by atoms with Crippen molar-refractivity contribution >= 4 is 44.1 Å². The molecule has 1 aromatic carbocycles. The summed E-state index contributed by atoms with van der Waals surface area (Å²) in [5, 5.41) is 0.645. The molecular formula is C12H9ClN2O2S. The van der Waals surface area contributed by atoms with Crippen LogP contribution in [0.5, 0.6) is 0 Å². The molecule has 0 saturated heterocycles. The van der Waals surface area contributed by atoms with Gasteiger partial charge in [0.2, 0.25) is 0 Å². The highest BCUT2D eigenvalue weighted by atomic mass is 35.5. The minimum Gasteiger partial charge on any atom is -0.461 e. The Bertz CT molecular complexity index is 747. The van der Waals surface area contributed by atoms with Crippen molar-refractivity contribution < 1.29 is 9.53 Å². The number of benzene rings is 1. The normalized spacial score (nSPS) is 11.2. The van der Waals surface area contributed by atoms with Crippen LogP contribution in [0.2, 0.25) is 5.02 Å². The smallest absolute Gasteiger partial charge is 0.358 e. The summed E-state index contributed by atoms with van der Waals surface area (Å²) in [6, 6.07) is 5.69. The van der Waals surface area contributed by atoms with E-state index in [4.69, 9.17) is 16.3 Å². The van der Waals surface area contributed by atoms with E-state index in [2.05, 4.69) is 4.98 Å². The Kier molecular flexibility index (Phi) is 2.72. The van der Waals surface area contributed by atoms with Gasteiger partial charge >= 0.3 is 5.97 Å². The van der Waals surface area contributed by atoms with Crippen LogP contribution in [0.25, 0.3) is 15.2 Å². The summed E-state index contributed by atoms with van der Waals surface area (Å²) in [5.74, 6) is -0.409. The third-order valence-electron chi connectivity index (χ3n) is 2.55. The number of halogens is 1. The first kappa shape index (κ1) is 11.5. The molecule has 0 spiro atoms. The third kappa shape index (κ3) is 1.67. The lowest BCUT2D eigenvalue weighted by Crippen LogP contribution is -2.04. The molecule has 4 nitrogen and oxygen atoms in total. The van der Waals surface area contributed by atoms with Crippen molar-refractivity contribution in [1.29, 1.82) is 0 Å². The van der Waals surface area contributed by atoms with Crippen LogP contribution in [-0.4, -0.2) is 22.0 Å². The highest BCUT2D eigenvalue weighted by Gasteiger charge is 2.16. The third-order valence-corrected chi connectivity index (χ3v) is 3.87. The number of fused-ring (bicyclic) bond motifs is 3. The maximum absolute atomic E-state index is 11.6. The number of nitrogens with zero attached hydrogens (tertiary/aromatic N) is 2. The van der Waals surface area contributed by atoms with Gasteiger partial charge in [0.25, 0.3) is 0 Å². The van der Waals surface area contributed by atoms with E-state index in [-0.39, 0.29) is 0 Å². The number of hydrogen-bond donors (Lipinski definition) is 0. The standard InChI is InChI=1S/C12H9ClN2O2S/c1-2-17-11(16)8-6-15-10-7(13)4-3-5-9(10)18-12(15)14-8/h3-6H,2H2,1H3. The van der Waals surface area contributed by atoms with Gasteiger partial charge in [0, 0.05) is 6.20 Å². The first-order chi connectivity index (χ1) is 8.70. The van der Waals surface area contributed by atoms with E-state index in [9.17, 15) is 4.79 Å². The average Bonchev–Trinajstić information content (AvgIpc) is 2.86. The lowest BCUT2D eigenvalue weighted by Gasteiger charge is -1.96. The van der Waals surface area contributed by atoms with Crippen LogP contribution in [0.4, 0.5) is 0 Å². The Morgan fingerprint density at radius 3 is 3.17 bits per heavy atom. The number of carbonyl (C=O) groups excluding carboxylic acids is 1. The Labute approximate surface area is 112 Å². The van der Waals surface area contributed by atoms with Crippen molar-refractivity contribution in [1.82, 2.24) is 9.38 Å². The van der Waals surface area contributed by atoms with Crippen LogP contribution in [-0.2, 0) is 4.74 Å². The maximum atomic E-state index is 11.6. The molecule has 0 fully saturated rings. The molecule has 0 N–H and O–H groups in total. The molecule has 2 heterocycles. The number of carbonyl (C=O) groups is 1. The number of ether oxygens (including phenoxy) is 1. The van der Waals surface area contributed by atoms with Crippen molar-refractivity contribution in [3.8, 4) is 0 Å². The van der Waals surface area contributed by atoms with E-state index in [0.29, 0.717) is 17.3 Å². The molecular weight excluding hydrogens is 272 g/mol. The van der Waals surface area contributed by atoms with Crippen molar-refractivity contribution in [3.63, 3.8) is 0 Å². The highest BCUT2D eigenvalue weighted by molar-refractivity contribution is 7.23. The molecule has 0 radical (unpaired) electrons. The molecule has 0 aliphatic carbocycles. The first-order valence-corrected chi connectivity index (χ1v) is 6.63. The van der Waals surface area contributed by atoms with Gasteiger partial charge in [0.1, 0.15) is 0 Å². The molecule has 3 aromatic rings. The van der Waals surface area contributed by atoms with Gasteiger partial charge in [-0.15, -0.1) is 0 Å². The Morgan fingerprint density at radius 2 is 2.39 bits per heavy atom. The van der Waals surface area contributed by atoms with E-state index in [1.54, 1.807) is 13.1 Å². The molecule has 0 aliphatic rings. The van der Waals surface area contributed by atoms with Gasteiger partial charge in [0.15, 0.2) is 10.7 Å². The molecule has 0 atom stereocenters. The second-order valence-corrected chi connectivity index (χ2v) is 5.10. The number of imidazole rings is 1. The second-order valence-electron chi connectivity index (χ2n) is 3.69. The van der Waals surface area contributed by atoms with Gasteiger partial charge in [-0.1, -0.05) is 29.0 Å². The summed E-state index contributed by atoms with van der Waals surface area (Å²) in [4.78, 5) is 16.6. The van der Waals surface area contributed by atoms with Crippen LogP contribution in [0.3, 0.4) is 0 Å². The van der Waals surface area contributed by atoms with Gasteiger partial charge in [-0.2, -0.15) is 0 Å². The van der Waals surface area contributed by atoms with Crippen LogP contribution in [0.15, 0.2) is 24.4 Å². The Balaban J connectivity index is 2.22. The van der Waals surface area contributed by atoms with Gasteiger partial charge in [0.05, 0.1) is 21.8 Å². The van der Waals surface area contributed by atoms with E-state index in [1.807, 2.05) is 22.6 Å². The quantitative estimate of drug-likeness (QED) is 0.676. The highest BCUT2D eigenvalue weighted by Crippen LogP contribution is 2.31. The molecule has 0 unspecified atom stereocenters. The van der Waals surface area contributed by atoms with Crippen molar-refractivity contribution in [2.24, 2.45) is 0 Å². The molecule has 0 aliphatic heterocycles. The van der Waals surface area contributed by atoms with Crippen molar-refractivity contribution in [2.75, 3.05) is 6.61 Å². The minimum atomic E-state index is -0.409. The monoisotopic (exact) mass is 280 g/mol. The van der Waals surface area contributed by atoms with Crippen LogP contribution in [0.1, 0.15) is 17.4 Å². The molecule has 2 aromatic heterocycles. The first-order valence-electron chi connectivity index (χ1n) is 5.44. The fraction of sp³-hybridized carbons (Fsp3) is 0.167. The number of hydrogen-bond acceptors (Lipinski definition) is 4. The molecule has 92 valence electrons. The fourth-order valence-electron chi connectivity index (χ4n) is 1.81. The number of thiazole rings is 1. The van der Waals surface area contributed by atoms with Crippen LogP contribution >= 0.6 is 22.9 Å². The number of esters is 1. The Hall–Kier alpha value is -1.59. The summed E-state index contributed by atoms with van der Waals surface area (Å²) in [6.45, 7) is 2.11. The number of aromatic nitrogens is 2. The van der Waals surface area contributed by atoms with Crippen molar-refractivity contribution in [3.05, 3.63) is 35.1 Å². The average molecular weight is 281 g/mol. The largest absolute Gasteiger partial charge is 0.461 e. The maximum Gasteiger partial charge on any atom is 0.358 e. The summed E-state index contributed by atoms with van der Waals surface area (Å²) >= 11 is 7.66. The zero-order valence-corrected chi connectivity index (χ0v) is 11.1. The van der Waals surface area contributed by atoms with E-state index < -0.39 is 5.97 Å². The van der Waals surface area contributed by atoms with E-state index in [1.165, 1.54) is 11.3 Å².